The third-order valence-electron chi connectivity index (χ3n) is 3.83. The number of carbonyl (C=O) groups is 2. The summed E-state index contributed by atoms with van der Waals surface area (Å²) in [6.45, 7) is 3.74. The molecular formula is C20H18Cl2N4O2. The molecule has 0 aliphatic rings. The topological polar surface area (TPSA) is 76.0 Å². The molecule has 0 radical (unpaired) electrons. The first-order valence-corrected chi connectivity index (χ1v) is 9.33. The highest BCUT2D eigenvalue weighted by Gasteiger charge is 2.16. The first-order valence-electron chi connectivity index (χ1n) is 8.57. The van der Waals surface area contributed by atoms with Gasteiger partial charge in [-0.05, 0) is 50.2 Å². The maximum atomic E-state index is 12.6. The van der Waals surface area contributed by atoms with Gasteiger partial charge in [-0.25, -0.2) is 4.68 Å². The summed E-state index contributed by atoms with van der Waals surface area (Å²) < 4.78 is 1.52. The fourth-order valence-electron chi connectivity index (χ4n) is 2.53. The molecule has 1 aromatic heterocycles. The van der Waals surface area contributed by atoms with E-state index in [-0.39, 0.29) is 17.6 Å². The van der Waals surface area contributed by atoms with Crippen molar-refractivity contribution in [2.24, 2.45) is 0 Å². The van der Waals surface area contributed by atoms with E-state index in [9.17, 15) is 9.59 Å². The van der Waals surface area contributed by atoms with E-state index in [0.717, 1.165) is 0 Å². The molecule has 0 aliphatic carbocycles. The average Bonchev–Trinajstić information content (AvgIpc) is 3.14. The molecule has 0 spiro atoms. The zero-order valence-electron chi connectivity index (χ0n) is 15.2. The van der Waals surface area contributed by atoms with Crippen molar-refractivity contribution in [3.8, 4) is 5.69 Å². The molecule has 0 saturated carbocycles. The highest BCUT2D eigenvalue weighted by molar-refractivity contribution is 6.42. The summed E-state index contributed by atoms with van der Waals surface area (Å²) >= 11 is 12.0. The maximum Gasteiger partial charge on any atom is 0.276 e. The molecule has 0 unspecified atom stereocenters. The molecule has 0 aliphatic heterocycles. The summed E-state index contributed by atoms with van der Waals surface area (Å²) in [4.78, 5) is 24.9. The van der Waals surface area contributed by atoms with Crippen molar-refractivity contribution in [3.05, 3.63) is 76.0 Å². The largest absolute Gasteiger partial charge is 0.350 e. The molecule has 144 valence electrons. The number of hydrogen-bond acceptors (Lipinski definition) is 3. The Kier molecular flexibility index (Phi) is 6.02. The Hall–Kier alpha value is -2.83. The first-order chi connectivity index (χ1) is 13.3. The van der Waals surface area contributed by atoms with Crippen LogP contribution in [0.1, 0.15) is 34.7 Å². The predicted molar refractivity (Wildman–Crippen MR) is 111 cm³/mol. The van der Waals surface area contributed by atoms with Gasteiger partial charge in [-0.2, -0.15) is 5.10 Å². The second-order valence-corrected chi connectivity index (χ2v) is 7.19. The molecule has 0 saturated heterocycles. The number of carbonyl (C=O) groups excluding carboxylic acids is 2. The summed E-state index contributed by atoms with van der Waals surface area (Å²) in [5, 5.41) is 10.7. The molecule has 2 N–H and O–H groups in total. The predicted octanol–water partition coefficient (Wildman–Crippen LogP) is 4.57. The van der Waals surface area contributed by atoms with Gasteiger partial charge in [0, 0.05) is 12.2 Å². The summed E-state index contributed by atoms with van der Waals surface area (Å²) in [5.74, 6) is -0.684. The van der Waals surface area contributed by atoms with Gasteiger partial charge in [0.25, 0.3) is 11.8 Å². The van der Waals surface area contributed by atoms with Gasteiger partial charge < -0.3 is 10.6 Å². The summed E-state index contributed by atoms with van der Waals surface area (Å²) in [6, 6.07) is 13.4. The van der Waals surface area contributed by atoms with E-state index >= 15 is 0 Å². The summed E-state index contributed by atoms with van der Waals surface area (Å²) in [5.41, 5.74) is 1.67. The van der Waals surface area contributed by atoms with Crippen LogP contribution in [0, 0.1) is 0 Å². The van der Waals surface area contributed by atoms with Crippen molar-refractivity contribution < 1.29 is 9.59 Å². The van der Waals surface area contributed by atoms with Crippen LogP contribution in [-0.2, 0) is 0 Å². The zero-order valence-corrected chi connectivity index (χ0v) is 16.8. The second kappa shape index (κ2) is 8.46. The van der Waals surface area contributed by atoms with Crippen molar-refractivity contribution >= 4 is 40.7 Å². The minimum Gasteiger partial charge on any atom is -0.350 e. The van der Waals surface area contributed by atoms with Crippen molar-refractivity contribution in [1.82, 2.24) is 15.1 Å². The van der Waals surface area contributed by atoms with Gasteiger partial charge in [-0.15, -0.1) is 0 Å². The molecule has 0 fully saturated rings. The molecule has 1 heterocycles. The van der Waals surface area contributed by atoms with Gasteiger partial charge in [-0.3, -0.25) is 9.59 Å². The zero-order chi connectivity index (χ0) is 20.3. The molecule has 6 nitrogen and oxygen atoms in total. The lowest BCUT2D eigenvalue weighted by atomic mass is 10.1. The Morgan fingerprint density at radius 1 is 1.00 bits per heavy atom. The molecule has 3 aromatic rings. The van der Waals surface area contributed by atoms with Crippen LogP contribution in [0.4, 0.5) is 5.69 Å². The van der Waals surface area contributed by atoms with Gasteiger partial charge >= 0.3 is 0 Å². The first kappa shape index (κ1) is 19.9. The Bertz CT molecular complexity index is 1030. The maximum absolute atomic E-state index is 12.6. The number of anilines is 1. The Morgan fingerprint density at radius 2 is 1.75 bits per heavy atom. The molecule has 0 atom stereocenters. The number of nitrogens with zero attached hydrogens (tertiary/aromatic N) is 2. The SMILES string of the molecule is CC(C)NC(=O)c1ccccc1NC(=O)c1ccn(-c2ccc(Cl)c(Cl)c2)n1. The molecule has 0 bridgehead atoms. The van der Waals surface area contributed by atoms with Crippen LogP contribution < -0.4 is 10.6 Å². The second-order valence-electron chi connectivity index (χ2n) is 6.37. The van der Waals surface area contributed by atoms with E-state index in [2.05, 4.69) is 15.7 Å². The minimum atomic E-state index is -0.427. The number of halogens is 2. The van der Waals surface area contributed by atoms with Crippen LogP contribution in [0.5, 0.6) is 0 Å². The van der Waals surface area contributed by atoms with E-state index in [4.69, 9.17) is 23.2 Å². The van der Waals surface area contributed by atoms with Crippen molar-refractivity contribution in [3.63, 3.8) is 0 Å². The van der Waals surface area contributed by atoms with Crippen molar-refractivity contribution in [2.75, 3.05) is 5.32 Å². The molecule has 28 heavy (non-hydrogen) atoms. The minimum absolute atomic E-state index is 0.0156. The van der Waals surface area contributed by atoms with Crippen LogP contribution in [-0.4, -0.2) is 27.6 Å². The monoisotopic (exact) mass is 416 g/mol. The fourth-order valence-corrected chi connectivity index (χ4v) is 2.83. The van der Waals surface area contributed by atoms with Crippen LogP contribution in [0.15, 0.2) is 54.7 Å². The molecular weight excluding hydrogens is 399 g/mol. The van der Waals surface area contributed by atoms with Gasteiger partial charge in [0.1, 0.15) is 0 Å². The number of para-hydroxylation sites is 1. The smallest absolute Gasteiger partial charge is 0.276 e. The lowest BCUT2D eigenvalue weighted by Crippen LogP contribution is -2.31. The Morgan fingerprint density at radius 3 is 2.46 bits per heavy atom. The lowest BCUT2D eigenvalue weighted by Gasteiger charge is -2.12. The van der Waals surface area contributed by atoms with E-state index in [0.29, 0.717) is 27.0 Å². The number of nitrogens with one attached hydrogen (secondary N) is 2. The van der Waals surface area contributed by atoms with E-state index in [1.165, 1.54) is 4.68 Å². The number of benzene rings is 2. The van der Waals surface area contributed by atoms with Crippen molar-refractivity contribution in [2.45, 2.75) is 19.9 Å². The van der Waals surface area contributed by atoms with Crippen LogP contribution in [0.2, 0.25) is 10.0 Å². The Balaban J connectivity index is 1.80. The Labute approximate surface area is 172 Å². The van der Waals surface area contributed by atoms with Gasteiger partial charge in [0.05, 0.1) is 27.0 Å². The van der Waals surface area contributed by atoms with Crippen LogP contribution in [0.25, 0.3) is 5.69 Å². The normalized spacial score (nSPS) is 10.8. The molecule has 8 heteroatoms. The van der Waals surface area contributed by atoms with E-state index < -0.39 is 5.91 Å². The average molecular weight is 417 g/mol. The quantitative estimate of drug-likeness (QED) is 0.639. The summed E-state index contributed by atoms with van der Waals surface area (Å²) in [7, 11) is 0. The number of hydrogen-bond donors (Lipinski definition) is 2. The third kappa shape index (κ3) is 4.52. The van der Waals surface area contributed by atoms with Gasteiger partial charge in [-0.1, -0.05) is 35.3 Å². The van der Waals surface area contributed by atoms with Crippen molar-refractivity contribution in [1.29, 1.82) is 0 Å². The van der Waals surface area contributed by atoms with E-state index in [1.54, 1.807) is 54.7 Å². The number of rotatable bonds is 5. The third-order valence-corrected chi connectivity index (χ3v) is 4.57. The van der Waals surface area contributed by atoms with Crippen LogP contribution >= 0.6 is 23.2 Å². The number of aromatic nitrogens is 2. The highest BCUT2D eigenvalue weighted by Crippen LogP contribution is 2.24. The number of amides is 2. The van der Waals surface area contributed by atoms with Gasteiger partial charge in [0.2, 0.25) is 0 Å². The standard InChI is InChI=1S/C20H18Cl2N4O2/c1-12(2)23-19(27)14-5-3-4-6-17(14)24-20(28)18-9-10-26(25-18)13-7-8-15(21)16(22)11-13/h3-12H,1-2H3,(H,23,27)(H,24,28). The fraction of sp³-hybridized carbons (Fsp3) is 0.150. The van der Waals surface area contributed by atoms with Crippen LogP contribution in [0.3, 0.4) is 0 Å². The highest BCUT2D eigenvalue weighted by atomic mass is 35.5. The lowest BCUT2D eigenvalue weighted by molar-refractivity contribution is 0.0944. The molecule has 2 amide bonds. The summed E-state index contributed by atoms with van der Waals surface area (Å²) in [6.07, 6.45) is 1.64. The molecule has 3 rings (SSSR count). The van der Waals surface area contributed by atoms with E-state index in [1.807, 2.05) is 13.8 Å². The molecule has 2 aromatic carbocycles. The van der Waals surface area contributed by atoms with Gasteiger partial charge in [0.15, 0.2) is 5.69 Å².